The Hall–Kier alpha value is -3.36. The van der Waals surface area contributed by atoms with Crippen LogP contribution in [0.25, 0.3) is 0 Å². The average Bonchev–Trinajstić information content (AvgIpc) is 2.79. The zero-order valence-electron chi connectivity index (χ0n) is 20.0. The van der Waals surface area contributed by atoms with Crippen molar-refractivity contribution in [1.29, 1.82) is 0 Å². The number of benzene rings is 1. The van der Waals surface area contributed by atoms with Crippen molar-refractivity contribution in [2.24, 2.45) is 0 Å². The molecule has 14 heteroatoms. The second-order valence-corrected chi connectivity index (χ2v) is 10.8. The number of piperazine rings is 1. The first-order valence-corrected chi connectivity index (χ1v) is 13.3. The van der Waals surface area contributed by atoms with E-state index >= 15 is 0 Å². The van der Waals surface area contributed by atoms with Gasteiger partial charge in [-0.25, -0.2) is 32.6 Å². The molecule has 2 aliphatic heterocycles. The Balaban J connectivity index is 1.42. The van der Waals surface area contributed by atoms with E-state index < -0.39 is 21.7 Å². The van der Waals surface area contributed by atoms with Crippen LogP contribution in [0.5, 0.6) is 0 Å². The Morgan fingerprint density at radius 3 is 2.50 bits per heavy atom. The van der Waals surface area contributed by atoms with Gasteiger partial charge in [-0.15, -0.1) is 0 Å². The molecule has 1 fully saturated rings. The van der Waals surface area contributed by atoms with Crippen LogP contribution in [0, 0.1) is 12.7 Å². The molecule has 12 nitrogen and oxygen atoms in total. The van der Waals surface area contributed by atoms with Crippen molar-refractivity contribution in [1.82, 2.24) is 30.2 Å². The number of sulfone groups is 1. The number of carbonyl (C=O) groups is 2. The summed E-state index contributed by atoms with van der Waals surface area (Å²) in [6.45, 7) is 4.65. The van der Waals surface area contributed by atoms with Crippen molar-refractivity contribution in [3.8, 4) is 0 Å². The molecule has 2 aromatic rings. The molecule has 2 aliphatic rings. The Morgan fingerprint density at radius 1 is 1.14 bits per heavy atom. The van der Waals surface area contributed by atoms with Gasteiger partial charge >= 0.3 is 6.09 Å². The lowest BCUT2D eigenvalue weighted by molar-refractivity contribution is -0.134. The lowest BCUT2D eigenvalue weighted by Crippen LogP contribution is -2.56. The van der Waals surface area contributed by atoms with Crippen LogP contribution in [0.2, 0.25) is 0 Å². The van der Waals surface area contributed by atoms with Crippen LogP contribution in [-0.2, 0) is 27.6 Å². The standard InChI is InChI=1S/C22H28FN7O5S/c1-14-24-19-12-28(13-20(31)29-7-9-30(10-8-29)27-22(32)33)6-5-16(19)21(25-14)26-18-4-3-15(11-17(18)23)36(2,34)35/h3-4,11,27H,5-10,12-13H2,1-2H3,(H,32,33)(H,24,25,26). The number of halogens is 1. The maximum Gasteiger partial charge on any atom is 0.419 e. The number of aryl methyl sites for hydroxylation is 1. The van der Waals surface area contributed by atoms with E-state index in [9.17, 15) is 22.4 Å². The summed E-state index contributed by atoms with van der Waals surface area (Å²) in [7, 11) is -3.53. The van der Waals surface area contributed by atoms with Crippen LogP contribution < -0.4 is 10.7 Å². The zero-order valence-corrected chi connectivity index (χ0v) is 20.8. The maximum absolute atomic E-state index is 14.6. The number of nitrogens with one attached hydrogen (secondary N) is 2. The molecule has 2 amide bonds. The minimum atomic E-state index is -3.53. The number of fused-ring (bicyclic) bond motifs is 1. The summed E-state index contributed by atoms with van der Waals surface area (Å²) in [6.07, 6.45) is 0.443. The number of carbonyl (C=O) groups excluding carboxylic acids is 1. The summed E-state index contributed by atoms with van der Waals surface area (Å²) in [6, 6.07) is 3.68. The third-order valence-electron chi connectivity index (χ3n) is 6.12. The van der Waals surface area contributed by atoms with Crippen LogP contribution in [0.3, 0.4) is 0 Å². The van der Waals surface area contributed by atoms with Crippen LogP contribution >= 0.6 is 0 Å². The number of amides is 2. The van der Waals surface area contributed by atoms with Crippen molar-refractivity contribution < 1.29 is 27.5 Å². The summed E-state index contributed by atoms with van der Waals surface area (Å²) in [5.41, 5.74) is 3.98. The van der Waals surface area contributed by atoms with E-state index in [1.807, 2.05) is 4.90 Å². The second kappa shape index (κ2) is 10.3. The van der Waals surface area contributed by atoms with Gasteiger partial charge in [0.05, 0.1) is 22.8 Å². The molecule has 1 saturated heterocycles. The Morgan fingerprint density at radius 2 is 1.86 bits per heavy atom. The molecule has 3 N–H and O–H groups in total. The fraction of sp³-hybridized carbons (Fsp3) is 0.455. The maximum atomic E-state index is 14.6. The smallest absolute Gasteiger partial charge is 0.419 e. The highest BCUT2D eigenvalue weighted by atomic mass is 32.2. The van der Waals surface area contributed by atoms with Gasteiger partial charge in [0.25, 0.3) is 0 Å². The molecule has 0 bridgehead atoms. The Bertz CT molecular complexity index is 1280. The first-order chi connectivity index (χ1) is 17.0. The molecule has 4 rings (SSSR count). The molecule has 194 valence electrons. The topological polar surface area (TPSA) is 148 Å². The molecule has 0 unspecified atom stereocenters. The first kappa shape index (κ1) is 25.7. The van der Waals surface area contributed by atoms with Crippen molar-refractivity contribution in [3.05, 3.63) is 41.1 Å². The quantitative estimate of drug-likeness (QED) is 0.497. The van der Waals surface area contributed by atoms with E-state index in [4.69, 9.17) is 5.11 Å². The SMILES string of the molecule is Cc1nc2c(c(Nc3ccc(S(C)(=O)=O)cc3F)n1)CCN(CC(=O)N1CCN(NC(=O)O)CC1)C2. The molecule has 0 spiro atoms. The number of aromatic nitrogens is 2. The van der Waals surface area contributed by atoms with Gasteiger partial charge in [0.1, 0.15) is 17.5 Å². The number of carboxylic acid groups (broad SMARTS) is 1. The minimum absolute atomic E-state index is 0.0365. The normalized spacial score (nSPS) is 16.9. The highest BCUT2D eigenvalue weighted by molar-refractivity contribution is 7.90. The van der Waals surface area contributed by atoms with Gasteiger partial charge in [0.15, 0.2) is 9.84 Å². The predicted molar refractivity (Wildman–Crippen MR) is 128 cm³/mol. The monoisotopic (exact) mass is 521 g/mol. The van der Waals surface area contributed by atoms with Crippen LogP contribution in [0.4, 0.5) is 20.7 Å². The van der Waals surface area contributed by atoms with E-state index in [1.165, 1.54) is 12.1 Å². The molecule has 0 radical (unpaired) electrons. The molecule has 3 heterocycles. The van der Waals surface area contributed by atoms with Gasteiger partial charge in [0.2, 0.25) is 5.91 Å². The molecular formula is C22H28FN7O5S. The van der Waals surface area contributed by atoms with Crippen molar-refractivity contribution in [2.75, 3.05) is 50.8 Å². The molecule has 0 atom stereocenters. The number of hydrogen-bond acceptors (Lipinski definition) is 9. The van der Waals surface area contributed by atoms with Gasteiger partial charge in [-0.3, -0.25) is 15.1 Å². The zero-order chi connectivity index (χ0) is 26.0. The minimum Gasteiger partial charge on any atom is -0.464 e. The van der Waals surface area contributed by atoms with Crippen molar-refractivity contribution in [2.45, 2.75) is 24.8 Å². The van der Waals surface area contributed by atoms with Gasteiger partial charge in [-0.2, -0.15) is 0 Å². The summed E-state index contributed by atoms with van der Waals surface area (Å²) in [5.74, 6) is 0.200. The van der Waals surface area contributed by atoms with Crippen molar-refractivity contribution in [3.63, 3.8) is 0 Å². The van der Waals surface area contributed by atoms with E-state index in [0.717, 1.165) is 23.6 Å². The van der Waals surface area contributed by atoms with E-state index in [2.05, 4.69) is 20.7 Å². The fourth-order valence-electron chi connectivity index (χ4n) is 4.30. The first-order valence-electron chi connectivity index (χ1n) is 11.4. The molecule has 0 aliphatic carbocycles. The average molecular weight is 522 g/mol. The molecule has 1 aromatic heterocycles. The van der Waals surface area contributed by atoms with Gasteiger partial charge in [0, 0.05) is 51.1 Å². The Kier molecular flexibility index (Phi) is 7.38. The van der Waals surface area contributed by atoms with Gasteiger partial charge < -0.3 is 15.3 Å². The number of nitrogens with zero attached hydrogens (tertiary/aromatic N) is 5. The van der Waals surface area contributed by atoms with Crippen LogP contribution in [-0.4, -0.2) is 95.8 Å². The number of hydrazine groups is 1. The van der Waals surface area contributed by atoms with E-state index in [-0.39, 0.29) is 23.0 Å². The van der Waals surface area contributed by atoms with Gasteiger partial charge in [-0.05, 0) is 31.5 Å². The summed E-state index contributed by atoms with van der Waals surface area (Å²) < 4.78 is 38.0. The molecule has 36 heavy (non-hydrogen) atoms. The lowest BCUT2D eigenvalue weighted by Gasteiger charge is -2.36. The second-order valence-electron chi connectivity index (χ2n) is 8.83. The molecule has 1 aromatic carbocycles. The summed E-state index contributed by atoms with van der Waals surface area (Å²) in [5, 5.41) is 13.4. The van der Waals surface area contributed by atoms with E-state index in [1.54, 1.807) is 16.8 Å². The van der Waals surface area contributed by atoms with Crippen LogP contribution in [0.1, 0.15) is 17.1 Å². The third-order valence-corrected chi connectivity index (χ3v) is 7.23. The van der Waals surface area contributed by atoms with Crippen LogP contribution in [0.15, 0.2) is 23.1 Å². The predicted octanol–water partition coefficient (Wildman–Crippen LogP) is 0.756. The largest absolute Gasteiger partial charge is 0.464 e. The highest BCUT2D eigenvalue weighted by Crippen LogP contribution is 2.28. The number of hydrogen-bond donors (Lipinski definition) is 3. The number of anilines is 2. The third kappa shape index (κ3) is 6.06. The fourth-order valence-corrected chi connectivity index (χ4v) is 4.93. The Labute approximate surface area is 208 Å². The summed E-state index contributed by atoms with van der Waals surface area (Å²) in [4.78, 5) is 36.1. The summed E-state index contributed by atoms with van der Waals surface area (Å²) >= 11 is 0. The number of rotatable bonds is 6. The van der Waals surface area contributed by atoms with Crippen molar-refractivity contribution >= 4 is 33.3 Å². The van der Waals surface area contributed by atoms with E-state index in [0.29, 0.717) is 57.3 Å². The molecular weight excluding hydrogens is 493 g/mol. The lowest BCUT2D eigenvalue weighted by atomic mass is 10.0. The van der Waals surface area contributed by atoms with Gasteiger partial charge in [-0.1, -0.05) is 0 Å². The molecule has 0 saturated carbocycles. The highest BCUT2D eigenvalue weighted by Gasteiger charge is 2.27.